The first kappa shape index (κ1) is 47.7. The van der Waals surface area contributed by atoms with Gasteiger partial charge in [-0.3, -0.25) is 4.79 Å². The molecule has 7 aliphatic rings. The molecule has 3 N–H and O–H groups in total. The van der Waals surface area contributed by atoms with E-state index in [1.165, 1.54) is 0 Å². The molecule has 6 aliphatic heterocycles. The second-order valence-electron chi connectivity index (χ2n) is 19.3. The summed E-state index contributed by atoms with van der Waals surface area (Å²) in [6.45, 7) is 18.5. The van der Waals surface area contributed by atoms with Crippen LogP contribution in [0.1, 0.15) is 107 Å². The zero-order valence-electron chi connectivity index (χ0n) is 38.5. The van der Waals surface area contributed by atoms with Gasteiger partial charge in [-0.15, -0.1) is 0 Å². The third-order valence-electron chi connectivity index (χ3n) is 14.9. The standard InChI is InChI=1S/C49H74O13/c1-11-26(3)44-29(6)18-19-48(62-44)24-36-22-35(61-48)17-16-28(5)43(27(4)14-13-15-34-25-55-46-41(50)30(7)20-37(47(52)58-36)49(34,46)53)59-39-21-33(12-2)45(32(9)57-39)60-40-23-38(54-10)42(51)31(8)56-40/h13-16,18-20,26-27,29,31-33,35-46,50-51,53H,11-12,17,21-25H2,1-10H3/b14-13+,28-16+,34-15?/t26-,27-,29-,31-,32-,33-,35+,36-,37-,38-,39-,40-,41+,42-,43-,44+,45-,46+,48+,49+/m0/s1. The highest BCUT2D eigenvalue weighted by Crippen LogP contribution is 2.47. The Morgan fingerprint density at radius 2 is 1.66 bits per heavy atom. The van der Waals surface area contributed by atoms with Gasteiger partial charge in [-0.1, -0.05) is 83.9 Å². The molecule has 0 aromatic heterocycles. The summed E-state index contributed by atoms with van der Waals surface area (Å²) < 4.78 is 58.1. The zero-order chi connectivity index (χ0) is 44.7. The molecule has 0 amide bonds. The predicted molar refractivity (Wildman–Crippen MR) is 230 cm³/mol. The Morgan fingerprint density at radius 1 is 0.919 bits per heavy atom. The molecule has 6 heterocycles. The maximum atomic E-state index is 14.4. The molecule has 20 atom stereocenters. The van der Waals surface area contributed by atoms with Crippen LogP contribution in [0.2, 0.25) is 0 Å². The van der Waals surface area contributed by atoms with Crippen molar-refractivity contribution in [1.29, 1.82) is 0 Å². The van der Waals surface area contributed by atoms with Gasteiger partial charge < -0.3 is 58.0 Å². The first-order chi connectivity index (χ1) is 29.5. The van der Waals surface area contributed by atoms with Crippen LogP contribution in [0.5, 0.6) is 0 Å². The van der Waals surface area contributed by atoms with Gasteiger partial charge in [0.2, 0.25) is 0 Å². The summed E-state index contributed by atoms with van der Waals surface area (Å²) in [6, 6.07) is 0. The molecule has 1 spiro atoms. The number of aliphatic hydroxyl groups is 3. The molecule has 13 heteroatoms. The van der Waals surface area contributed by atoms with Gasteiger partial charge in [0.15, 0.2) is 18.4 Å². The zero-order valence-corrected chi connectivity index (χ0v) is 38.5. The van der Waals surface area contributed by atoms with Crippen molar-refractivity contribution in [2.24, 2.45) is 29.6 Å². The lowest BCUT2D eigenvalue weighted by Crippen LogP contribution is -2.58. The quantitative estimate of drug-likeness (QED) is 0.182. The van der Waals surface area contributed by atoms with Gasteiger partial charge in [0, 0.05) is 44.6 Å². The molecular formula is C49H74O13. The summed E-state index contributed by atoms with van der Waals surface area (Å²) in [6.07, 6.45) is 11.0. The summed E-state index contributed by atoms with van der Waals surface area (Å²) >= 11 is 0. The highest BCUT2D eigenvalue weighted by molar-refractivity contribution is 5.78. The van der Waals surface area contributed by atoms with Crippen LogP contribution in [0.3, 0.4) is 0 Å². The van der Waals surface area contributed by atoms with E-state index in [0.717, 1.165) is 18.4 Å². The van der Waals surface area contributed by atoms with Crippen LogP contribution >= 0.6 is 0 Å². The monoisotopic (exact) mass is 871 g/mol. The Labute approximate surface area is 368 Å². The fraction of sp³-hybridized carbons (Fsp3) is 0.776. The maximum absolute atomic E-state index is 14.4. The third kappa shape index (κ3) is 9.65. The lowest BCUT2D eigenvalue weighted by atomic mass is 9.71. The van der Waals surface area contributed by atoms with Gasteiger partial charge in [-0.25, -0.2) is 0 Å². The molecule has 0 saturated carbocycles. The Hall–Kier alpha value is -2.27. The van der Waals surface area contributed by atoms with Crippen LogP contribution in [-0.2, 0) is 47.4 Å². The lowest BCUT2D eigenvalue weighted by Gasteiger charge is -2.48. The van der Waals surface area contributed by atoms with E-state index in [4.69, 9.17) is 42.6 Å². The van der Waals surface area contributed by atoms with Crippen LogP contribution in [0.25, 0.3) is 0 Å². The summed E-state index contributed by atoms with van der Waals surface area (Å²) in [5, 5.41) is 34.3. The number of methoxy groups -OCH3 is 1. The normalized spacial score (nSPS) is 48.3. The summed E-state index contributed by atoms with van der Waals surface area (Å²) in [7, 11) is 1.60. The SMILES string of the molecule is CC[C@H]1C[C@H](O[C@@H]2/C(C)=C/C[C@@H]3C[C@@H](C[C@]4(C=C[C@H](C)[C@@H]([C@@H](C)CC)O4)O3)OC(=O)[C@@H]3C=C(C)[C@@H](O)[C@H]4OCC(=C/C=C/[C@@H]2C)[C@]43O)O[C@@H](C)[C@@H]1O[C@H]1C[C@H](OC)[C@@H](O)[C@H](C)O1. The largest absolute Gasteiger partial charge is 0.462 e. The van der Waals surface area contributed by atoms with Crippen LogP contribution in [0, 0.1) is 29.6 Å². The Balaban J connectivity index is 1.18. The second-order valence-corrected chi connectivity index (χ2v) is 19.3. The number of rotatable bonds is 8. The van der Waals surface area contributed by atoms with Gasteiger partial charge in [0.05, 0.1) is 49.3 Å². The van der Waals surface area contributed by atoms with E-state index in [1.807, 2.05) is 32.1 Å². The lowest BCUT2D eigenvalue weighted by molar-refractivity contribution is -0.310. The average Bonchev–Trinajstić information content (AvgIpc) is 3.58. The first-order valence-corrected chi connectivity index (χ1v) is 23.3. The fourth-order valence-electron chi connectivity index (χ4n) is 10.9. The number of ether oxygens (including phenoxy) is 9. The predicted octanol–water partition coefficient (Wildman–Crippen LogP) is 6.39. The van der Waals surface area contributed by atoms with Gasteiger partial charge in [-0.2, -0.15) is 0 Å². The minimum atomic E-state index is -1.82. The van der Waals surface area contributed by atoms with E-state index in [1.54, 1.807) is 26.2 Å². The molecule has 0 aromatic rings. The van der Waals surface area contributed by atoms with E-state index in [2.05, 4.69) is 53.7 Å². The van der Waals surface area contributed by atoms with Crippen molar-refractivity contribution in [3.05, 3.63) is 59.3 Å². The van der Waals surface area contributed by atoms with Crippen molar-refractivity contribution >= 4 is 5.97 Å². The van der Waals surface area contributed by atoms with Crippen molar-refractivity contribution in [3.63, 3.8) is 0 Å². The van der Waals surface area contributed by atoms with Gasteiger partial charge >= 0.3 is 5.97 Å². The number of carbonyl (C=O) groups excluding carboxylic acids is 1. The van der Waals surface area contributed by atoms with Gasteiger partial charge in [0.25, 0.3) is 0 Å². The first-order valence-electron chi connectivity index (χ1n) is 23.3. The molecule has 4 saturated heterocycles. The van der Waals surface area contributed by atoms with Gasteiger partial charge in [0.1, 0.15) is 35.9 Å². The van der Waals surface area contributed by atoms with Crippen LogP contribution < -0.4 is 0 Å². The number of hydrogen-bond donors (Lipinski definition) is 3. The van der Waals surface area contributed by atoms with E-state index >= 15 is 0 Å². The molecule has 7 rings (SSSR count). The highest BCUT2D eigenvalue weighted by Gasteiger charge is 2.60. The molecule has 13 nitrogen and oxygen atoms in total. The van der Waals surface area contributed by atoms with Crippen molar-refractivity contribution in [2.45, 2.75) is 198 Å². The molecule has 62 heavy (non-hydrogen) atoms. The van der Waals surface area contributed by atoms with Crippen molar-refractivity contribution in [3.8, 4) is 0 Å². The fourth-order valence-corrected chi connectivity index (χ4v) is 10.9. The van der Waals surface area contributed by atoms with E-state index in [9.17, 15) is 20.1 Å². The summed E-state index contributed by atoms with van der Waals surface area (Å²) in [5.74, 6) is -2.35. The Morgan fingerprint density at radius 3 is 2.39 bits per heavy atom. The third-order valence-corrected chi connectivity index (χ3v) is 14.9. The number of esters is 1. The van der Waals surface area contributed by atoms with Crippen LogP contribution in [-0.4, -0.2) is 126 Å². The van der Waals surface area contributed by atoms with E-state index < -0.39 is 72.5 Å². The molecule has 0 radical (unpaired) electrons. The molecule has 1 aliphatic carbocycles. The number of allylic oxidation sites excluding steroid dienone is 2. The summed E-state index contributed by atoms with van der Waals surface area (Å²) in [5.41, 5.74) is 0.214. The smallest absolute Gasteiger partial charge is 0.316 e. The highest BCUT2D eigenvalue weighted by atomic mass is 16.7. The molecule has 4 fully saturated rings. The summed E-state index contributed by atoms with van der Waals surface area (Å²) in [4.78, 5) is 14.4. The molecule has 2 bridgehead atoms. The maximum Gasteiger partial charge on any atom is 0.316 e. The van der Waals surface area contributed by atoms with Crippen molar-refractivity contribution in [2.75, 3.05) is 13.7 Å². The van der Waals surface area contributed by atoms with E-state index in [0.29, 0.717) is 43.3 Å². The average molecular weight is 871 g/mol. The number of carbonyl (C=O) groups is 1. The molecule has 0 aromatic carbocycles. The molecule has 0 unspecified atom stereocenters. The van der Waals surface area contributed by atoms with Crippen molar-refractivity contribution in [1.82, 2.24) is 0 Å². The van der Waals surface area contributed by atoms with Crippen LogP contribution in [0.4, 0.5) is 0 Å². The van der Waals surface area contributed by atoms with E-state index in [-0.39, 0.29) is 60.8 Å². The second kappa shape index (κ2) is 19.7. The molecule has 348 valence electrons. The van der Waals surface area contributed by atoms with Gasteiger partial charge in [-0.05, 0) is 68.7 Å². The molecular weight excluding hydrogens is 797 g/mol. The number of fused-ring (bicyclic) bond motifs is 2. The Kier molecular flexibility index (Phi) is 15.1. The number of hydrogen-bond acceptors (Lipinski definition) is 13. The van der Waals surface area contributed by atoms with Crippen LogP contribution in [0.15, 0.2) is 59.3 Å². The van der Waals surface area contributed by atoms with Crippen molar-refractivity contribution < 1.29 is 62.7 Å². The number of aliphatic hydroxyl groups excluding tert-OH is 2. The Bertz CT molecular complexity index is 1720. The minimum Gasteiger partial charge on any atom is -0.462 e. The topological polar surface area (TPSA) is 161 Å². The minimum absolute atomic E-state index is 0.0456.